The molecule has 1 N–H and O–H groups in total. The highest BCUT2D eigenvalue weighted by Gasteiger charge is 2.10. The maximum atomic E-state index is 13.0. The number of ether oxygens (including phenoxy) is 1. The van der Waals surface area contributed by atoms with Gasteiger partial charge in [0.15, 0.2) is 0 Å². The molecule has 1 heterocycles. The Hall–Kier alpha value is -1.95. The zero-order valence-corrected chi connectivity index (χ0v) is 11.6. The van der Waals surface area contributed by atoms with Gasteiger partial charge in [-0.15, -0.1) is 0 Å². The third kappa shape index (κ3) is 3.29. The highest BCUT2D eigenvalue weighted by molar-refractivity contribution is 9.10. The summed E-state index contributed by atoms with van der Waals surface area (Å²) in [4.78, 5) is 15.9. The summed E-state index contributed by atoms with van der Waals surface area (Å²) < 4.78 is 18.7. The minimum Gasteiger partial charge on any atom is -0.494 e. The first-order valence-corrected chi connectivity index (χ1v) is 6.16. The molecule has 0 saturated heterocycles. The molecule has 0 unspecified atom stereocenters. The smallest absolute Gasteiger partial charge is 0.257 e. The predicted octanol–water partition coefficient (Wildman–Crippen LogP) is 3.24. The van der Waals surface area contributed by atoms with E-state index in [2.05, 4.69) is 26.2 Å². The molecule has 1 aromatic carbocycles. The molecular formula is C13H10BrFN2O2. The van der Waals surface area contributed by atoms with Crippen LogP contribution in [0.3, 0.4) is 0 Å². The summed E-state index contributed by atoms with van der Waals surface area (Å²) >= 11 is 3.19. The number of rotatable bonds is 3. The lowest BCUT2D eigenvalue weighted by Crippen LogP contribution is -2.13. The second-order valence-corrected chi connectivity index (χ2v) is 4.48. The molecule has 0 saturated carbocycles. The lowest BCUT2D eigenvalue weighted by Gasteiger charge is -2.10. The Morgan fingerprint density at radius 1 is 1.37 bits per heavy atom. The fraction of sp³-hybridized carbons (Fsp3) is 0.0769. The van der Waals surface area contributed by atoms with Crippen LogP contribution in [0.5, 0.6) is 5.75 Å². The molecule has 0 radical (unpaired) electrons. The molecule has 98 valence electrons. The van der Waals surface area contributed by atoms with Gasteiger partial charge in [0.2, 0.25) is 0 Å². The second-order valence-electron chi connectivity index (χ2n) is 3.67. The Bertz CT molecular complexity index is 602. The quantitative estimate of drug-likeness (QED) is 0.882. The number of nitrogens with zero attached hydrogens (tertiary/aromatic N) is 1. The van der Waals surface area contributed by atoms with Crippen molar-refractivity contribution < 1.29 is 13.9 Å². The molecule has 0 aliphatic heterocycles. The molecule has 1 amide bonds. The molecule has 0 atom stereocenters. The van der Waals surface area contributed by atoms with Crippen LogP contribution in [0, 0.1) is 5.82 Å². The molecule has 19 heavy (non-hydrogen) atoms. The fourth-order valence-electron chi connectivity index (χ4n) is 1.47. The molecule has 0 spiro atoms. The number of amides is 1. The summed E-state index contributed by atoms with van der Waals surface area (Å²) in [7, 11) is 1.41. The zero-order chi connectivity index (χ0) is 13.8. The minimum absolute atomic E-state index is 0.262. The van der Waals surface area contributed by atoms with Crippen LogP contribution < -0.4 is 10.1 Å². The molecule has 0 aliphatic rings. The van der Waals surface area contributed by atoms with Crippen molar-refractivity contribution in [1.82, 2.24) is 4.98 Å². The first kappa shape index (κ1) is 13.5. The molecule has 6 heteroatoms. The Labute approximate surface area is 117 Å². The zero-order valence-electron chi connectivity index (χ0n) is 9.98. The number of hydrogen-bond acceptors (Lipinski definition) is 3. The van der Waals surface area contributed by atoms with E-state index < -0.39 is 5.82 Å². The monoisotopic (exact) mass is 324 g/mol. The number of pyridine rings is 1. The lowest BCUT2D eigenvalue weighted by molar-refractivity contribution is 0.102. The lowest BCUT2D eigenvalue weighted by atomic mass is 10.2. The number of carbonyl (C=O) groups is 1. The molecular weight excluding hydrogens is 315 g/mol. The first-order chi connectivity index (χ1) is 9.10. The van der Waals surface area contributed by atoms with Crippen molar-refractivity contribution in [2.45, 2.75) is 0 Å². The van der Waals surface area contributed by atoms with Gasteiger partial charge in [-0.1, -0.05) is 0 Å². The van der Waals surface area contributed by atoms with Gasteiger partial charge in [-0.25, -0.2) is 9.37 Å². The van der Waals surface area contributed by atoms with Crippen LogP contribution in [0.4, 0.5) is 10.1 Å². The van der Waals surface area contributed by atoms with Gasteiger partial charge >= 0.3 is 0 Å². The summed E-state index contributed by atoms with van der Waals surface area (Å²) in [5, 5.41) is 2.64. The largest absolute Gasteiger partial charge is 0.494 e. The maximum Gasteiger partial charge on any atom is 0.257 e. The third-order valence-electron chi connectivity index (χ3n) is 2.40. The summed E-state index contributed by atoms with van der Waals surface area (Å²) in [6.45, 7) is 0. The molecule has 2 rings (SSSR count). The Morgan fingerprint density at radius 3 is 2.79 bits per heavy atom. The van der Waals surface area contributed by atoms with Crippen LogP contribution in [0.1, 0.15) is 10.4 Å². The minimum atomic E-state index is -0.430. The second kappa shape index (κ2) is 5.79. The summed E-state index contributed by atoms with van der Waals surface area (Å²) in [6, 6.07) is 7.19. The molecule has 1 aromatic heterocycles. The van der Waals surface area contributed by atoms with E-state index >= 15 is 0 Å². The van der Waals surface area contributed by atoms with Gasteiger partial charge in [-0.2, -0.15) is 0 Å². The number of nitrogens with one attached hydrogen (secondary N) is 1. The Morgan fingerprint density at radius 2 is 2.16 bits per heavy atom. The van der Waals surface area contributed by atoms with Crippen LogP contribution in [0.15, 0.2) is 41.1 Å². The molecule has 0 bridgehead atoms. The van der Waals surface area contributed by atoms with Gasteiger partial charge in [0.1, 0.15) is 16.2 Å². The van der Waals surface area contributed by atoms with Gasteiger partial charge in [0.05, 0.1) is 18.4 Å². The number of hydrogen-bond donors (Lipinski definition) is 1. The van der Waals surface area contributed by atoms with E-state index in [4.69, 9.17) is 4.74 Å². The average Bonchev–Trinajstić information content (AvgIpc) is 2.41. The van der Waals surface area contributed by atoms with Gasteiger partial charge in [0, 0.05) is 12.3 Å². The number of benzene rings is 1. The number of halogens is 2. The summed E-state index contributed by atoms with van der Waals surface area (Å²) in [5.74, 6) is -0.511. The predicted molar refractivity (Wildman–Crippen MR) is 72.8 cm³/mol. The van der Waals surface area contributed by atoms with Crippen molar-refractivity contribution in [3.05, 3.63) is 52.5 Å². The van der Waals surface area contributed by atoms with E-state index in [9.17, 15) is 9.18 Å². The Kier molecular flexibility index (Phi) is 4.11. The van der Waals surface area contributed by atoms with E-state index in [1.165, 1.54) is 31.5 Å². The molecule has 0 aliphatic carbocycles. The highest BCUT2D eigenvalue weighted by Crippen LogP contribution is 2.25. The first-order valence-electron chi connectivity index (χ1n) is 5.36. The van der Waals surface area contributed by atoms with E-state index in [1.54, 1.807) is 12.1 Å². The Balaban J connectivity index is 2.21. The third-order valence-corrected chi connectivity index (χ3v) is 2.87. The van der Waals surface area contributed by atoms with E-state index in [0.717, 1.165) is 0 Å². The van der Waals surface area contributed by atoms with Gasteiger partial charge in [-0.3, -0.25) is 4.79 Å². The van der Waals surface area contributed by atoms with Crippen LogP contribution >= 0.6 is 15.9 Å². The van der Waals surface area contributed by atoms with Crippen molar-refractivity contribution in [2.24, 2.45) is 0 Å². The molecule has 4 nitrogen and oxygen atoms in total. The van der Waals surface area contributed by atoms with Crippen LogP contribution in [-0.2, 0) is 0 Å². The SMILES string of the molecule is COc1cc(F)ccc1NC(=O)c1ccc(Br)nc1. The van der Waals surface area contributed by atoms with Crippen LogP contribution in [0.2, 0.25) is 0 Å². The number of methoxy groups -OCH3 is 1. The number of carbonyl (C=O) groups excluding carboxylic acids is 1. The topological polar surface area (TPSA) is 51.2 Å². The van der Waals surface area contributed by atoms with Crippen molar-refractivity contribution in [3.8, 4) is 5.75 Å². The van der Waals surface area contributed by atoms with Crippen molar-refractivity contribution in [2.75, 3.05) is 12.4 Å². The number of anilines is 1. The molecule has 0 fully saturated rings. The van der Waals surface area contributed by atoms with E-state index in [1.807, 2.05) is 0 Å². The van der Waals surface area contributed by atoms with Gasteiger partial charge in [0.25, 0.3) is 5.91 Å². The van der Waals surface area contributed by atoms with Gasteiger partial charge < -0.3 is 10.1 Å². The summed E-state index contributed by atoms with van der Waals surface area (Å²) in [5.41, 5.74) is 0.798. The standard InChI is InChI=1S/C13H10BrFN2O2/c1-19-11-6-9(15)3-4-10(11)17-13(18)8-2-5-12(14)16-7-8/h2-7H,1H3,(H,17,18). The van der Waals surface area contributed by atoms with Crippen molar-refractivity contribution in [3.63, 3.8) is 0 Å². The van der Waals surface area contributed by atoms with E-state index in [0.29, 0.717) is 15.9 Å². The van der Waals surface area contributed by atoms with Crippen molar-refractivity contribution >= 4 is 27.5 Å². The highest BCUT2D eigenvalue weighted by atomic mass is 79.9. The summed E-state index contributed by atoms with van der Waals surface area (Å²) in [6.07, 6.45) is 1.44. The maximum absolute atomic E-state index is 13.0. The molecule has 2 aromatic rings. The van der Waals surface area contributed by atoms with Crippen molar-refractivity contribution in [1.29, 1.82) is 0 Å². The van der Waals surface area contributed by atoms with Crippen LogP contribution in [0.25, 0.3) is 0 Å². The van der Waals surface area contributed by atoms with Crippen LogP contribution in [-0.4, -0.2) is 18.0 Å². The normalized spacial score (nSPS) is 10.1. The average molecular weight is 325 g/mol. The van der Waals surface area contributed by atoms with Gasteiger partial charge in [-0.05, 0) is 40.2 Å². The van der Waals surface area contributed by atoms with E-state index in [-0.39, 0.29) is 11.7 Å². The fourth-order valence-corrected chi connectivity index (χ4v) is 1.71. The number of aromatic nitrogens is 1.